The summed E-state index contributed by atoms with van der Waals surface area (Å²) in [6.45, 7) is 1.94. The zero-order chi connectivity index (χ0) is 9.97. The molecule has 0 aromatic carbocycles. The van der Waals surface area contributed by atoms with Gasteiger partial charge in [-0.3, -0.25) is 4.98 Å². The van der Waals surface area contributed by atoms with Gasteiger partial charge in [0.25, 0.3) is 0 Å². The number of aryl methyl sites for hydroxylation is 1. The van der Waals surface area contributed by atoms with Crippen molar-refractivity contribution in [3.63, 3.8) is 0 Å². The maximum atomic E-state index is 9.91. The van der Waals surface area contributed by atoms with Gasteiger partial charge in [-0.2, -0.15) is 0 Å². The second-order valence-corrected chi connectivity index (χ2v) is 3.25. The Balaban J connectivity index is 2.32. The number of rotatable bonds is 2. The molecule has 0 aliphatic heterocycles. The number of aliphatic hydroxyl groups is 1. The number of pyridine rings is 1. The van der Waals surface area contributed by atoms with E-state index in [0.717, 1.165) is 16.7 Å². The summed E-state index contributed by atoms with van der Waals surface area (Å²) in [4.78, 5) is 4.02. The fourth-order valence-corrected chi connectivity index (χ4v) is 1.35. The van der Waals surface area contributed by atoms with Gasteiger partial charge in [0.2, 0.25) is 0 Å². The summed E-state index contributed by atoms with van der Waals surface area (Å²) in [6, 6.07) is 3.65. The third-order valence-corrected chi connectivity index (χ3v) is 2.07. The molecule has 0 saturated heterocycles. The minimum atomic E-state index is -0.652. The van der Waals surface area contributed by atoms with Crippen molar-refractivity contribution in [2.75, 3.05) is 0 Å². The maximum Gasteiger partial charge on any atom is 0.109 e. The van der Waals surface area contributed by atoms with Gasteiger partial charge >= 0.3 is 0 Å². The van der Waals surface area contributed by atoms with Gasteiger partial charge in [-0.05, 0) is 18.6 Å². The largest absolute Gasteiger partial charge is 0.472 e. The Hall–Kier alpha value is -1.61. The van der Waals surface area contributed by atoms with E-state index in [1.54, 1.807) is 24.7 Å². The van der Waals surface area contributed by atoms with Crippen molar-refractivity contribution in [2.45, 2.75) is 13.0 Å². The van der Waals surface area contributed by atoms with Gasteiger partial charge in [0.1, 0.15) is 6.10 Å². The lowest BCUT2D eigenvalue weighted by atomic mass is 10.1. The van der Waals surface area contributed by atoms with Crippen molar-refractivity contribution in [2.24, 2.45) is 0 Å². The molecule has 0 amide bonds. The fourth-order valence-electron chi connectivity index (χ4n) is 1.35. The summed E-state index contributed by atoms with van der Waals surface area (Å²) in [5, 5.41) is 9.91. The van der Waals surface area contributed by atoms with Gasteiger partial charge < -0.3 is 9.52 Å². The van der Waals surface area contributed by atoms with E-state index >= 15 is 0 Å². The average Bonchev–Trinajstić information content (AvgIpc) is 2.69. The van der Waals surface area contributed by atoms with Crippen LogP contribution in [0.15, 0.2) is 41.5 Å². The number of aliphatic hydroxyl groups excluding tert-OH is 1. The summed E-state index contributed by atoms with van der Waals surface area (Å²) in [6.07, 6.45) is 5.84. The summed E-state index contributed by atoms with van der Waals surface area (Å²) in [5.74, 6) is 0. The van der Waals surface area contributed by atoms with E-state index in [-0.39, 0.29) is 0 Å². The first-order valence-electron chi connectivity index (χ1n) is 4.39. The summed E-state index contributed by atoms with van der Waals surface area (Å²) in [7, 11) is 0. The van der Waals surface area contributed by atoms with Crippen LogP contribution < -0.4 is 0 Å². The molecule has 0 bridgehead atoms. The quantitative estimate of drug-likeness (QED) is 0.786. The zero-order valence-corrected chi connectivity index (χ0v) is 7.84. The first-order chi connectivity index (χ1) is 6.77. The van der Waals surface area contributed by atoms with Crippen molar-refractivity contribution in [1.82, 2.24) is 4.98 Å². The number of nitrogens with zero attached hydrogens (tertiary/aromatic N) is 1. The van der Waals surface area contributed by atoms with Gasteiger partial charge in [-0.1, -0.05) is 6.07 Å². The van der Waals surface area contributed by atoms with E-state index in [4.69, 9.17) is 4.42 Å². The highest BCUT2D eigenvalue weighted by atomic mass is 16.3. The third kappa shape index (κ3) is 1.67. The van der Waals surface area contributed by atoms with E-state index in [9.17, 15) is 5.11 Å². The molecule has 72 valence electrons. The average molecular weight is 189 g/mol. The van der Waals surface area contributed by atoms with Crippen molar-refractivity contribution < 1.29 is 9.52 Å². The van der Waals surface area contributed by atoms with E-state index < -0.39 is 6.10 Å². The molecular formula is C11H11NO2. The molecule has 0 spiro atoms. The Morgan fingerprint density at radius 3 is 2.86 bits per heavy atom. The normalized spacial score (nSPS) is 12.7. The van der Waals surface area contributed by atoms with Crippen molar-refractivity contribution in [3.05, 3.63) is 53.7 Å². The topological polar surface area (TPSA) is 46.3 Å². The second kappa shape index (κ2) is 3.64. The third-order valence-electron chi connectivity index (χ3n) is 2.07. The van der Waals surface area contributed by atoms with Crippen LogP contribution in [-0.2, 0) is 0 Å². The lowest BCUT2D eigenvalue weighted by Gasteiger charge is -2.08. The van der Waals surface area contributed by atoms with E-state index in [1.165, 1.54) is 6.26 Å². The molecule has 2 aromatic rings. The van der Waals surface area contributed by atoms with E-state index in [0.29, 0.717) is 0 Å². The molecule has 2 rings (SSSR count). The molecule has 1 N–H and O–H groups in total. The lowest BCUT2D eigenvalue weighted by Crippen LogP contribution is -1.98. The van der Waals surface area contributed by atoms with Crippen molar-refractivity contribution in [1.29, 1.82) is 0 Å². The van der Waals surface area contributed by atoms with Gasteiger partial charge in [0.15, 0.2) is 0 Å². The van der Waals surface area contributed by atoms with E-state index in [1.807, 2.05) is 13.0 Å². The predicted molar refractivity (Wildman–Crippen MR) is 51.7 cm³/mol. The maximum absolute atomic E-state index is 9.91. The van der Waals surface area contributed by atoms with E-state index in [2.05, 4.69) is 4.98 Å². The Morgan fingerprint density at radius 1 is 1.36 bits per heavy atom. The molecule has 3 heteroatoms. The molecule has 1 unspecified atom stereocenters. The first-order valence-corrected chi connectivity index (χ1v) is 4.39. The van der Waals surface area contributed by atoms with Gasteiger partial charge in [-0.15, -0.1) is 0 Å². The summed E-state index contributed by atoms with van der Waals surface area (Å²) >= 11 is 0. The van der Waals surface area contributed by atoms with Gasteiger partial charge in [0, 0.05) is 23.5 Å². The highest BCUT2D eigenvalue weighted by molar-refractivity contribution is 5.27. The smallest absolute Gasteiger partial charge is 0.109 e. The summed E-state index contributed by atoms with van der Waals surface area (Å²) < 4.78 is 4.91. The Bertz CT molecular complexity index is 409. The Morgan fingerprint density at radius 2 is 2.21 bits per heavy atom. The van der Waals surface area contributed by atoms with Crippen LogP contribution in [0.3, 0.4) is 0 Å². The zero-order valence-electron chi connectivity index (χ0n) is 7.84. The van der Waals surface area contributed by atoms with Crippen LogP contribution in [0.2, 0.25) is 0 Å². The standard InChI is InChI=1S/C11H11NO2/c1-8-4-10(6-12-5-8)11(13)9-2-3-14-7-9/h2-7,11,13H,1H3. The monoisotopic (exact) mass is 189 g/mol. The molecule has 3 nitrogen and oxygen atoms in total. The fraction of sp³-hybridized carbons (Fsp3) is 0.182. The first kappa shape index (κ1) is 8.97. The predicted octanol–water partition coefficient (Wildman–Crippen LogP) is 2.06. The minimum absolute atomic E-state index is 0.652. The molecule has 0 fully saturated rings. The molecule has 2 aromatic heterocycles. The molecule has 0 radical (unpaired) electrons. The molecule has 0 saturated carbocycles. The number of hydrogen-bond acceptors (Lipinski definition) is 3. The molecular weight excluding hydrogens is 178 g/mol. The lowest BCUT2D eigenvalue weighted by molar-refractivity contribution is 0.218. The highest BCUT2D eigenvalue weighted by Gasteiger charge is 2.11. The Kier molecular flexibility index (Phi) is 2.33. The van der Waals surface area contributed by atoms with Crippen LogP contribution in [0.25, 0.3) is 0 Å². The van der Waals surface area contributed by atoms with Crippen LogP contribution >= 0.6 is 0 Å². The Labute approximate surface area is 82.0 Å². The molecule has 0 aliphatic carbocycles. The van der Waals surface area contributed by atoms with Crippen molar-refractivity contribution in [3.8, 4) is 0 Å². The molecule has 1 atom stereocenters. The number of hydrogen-bond donors (Lipinski definition) is 1. The summed E-state index contributed by atoms with van der Waals surface area (Å²) in [5.41, 5.74) is 2.56. The van der Waals surface area contributed by atoms with Crippen LogP contribution in [-0.4, -0.2) is 10.1 Å². The van der Waals surface area contributed by atoms with Crippen LogP contribution in [0.5, 0.6) is 0 Å². The SMILES string of the molecule is Cc1cncc(C(O)c2ccoc2)c1. The number of aromatic nitrogens is 1. The van der Waals surface area contributed by atoms with Crippen LogP contribution in [0, 0.1) is 6.92 Å². The second-order valence-electron chi connectivity index (χ2n) is 3.25. The molecule has 14 heavy (non-hydrogen) atoms. The van der Waals surface area contributed by atoms with Gasteiger partial charge in [0.05, 0.1) is 12.5 Å². The van der Waals surface area contributed by atoms with Crippen molar-refractivity contribution >= 4 is 0 Å². The number of furan rings is 1. The van der Waals surface area contributed by atoms with Gasteiger partial charge in [-0.25, -0.2) is 0 Å². The molecule has 2 heterocycles. The minimum Gasteiger partial charge on any atom is -0.472 e. The molecule has 0 aliphatic rings. The van der Waals surface area contributed by atoms with Crippen LogP contribution in [0.1, 0.15) is 22.8 Å². The van der Waals surface area contributed by atoms with Crippen LogP contribution in [0.4, 0.5) is 0 Å². The highest BCUT2D eigenvalue weighted by Crippen LogP contribution is 2.21.